The molecule has 2 rings (SSSR count). The van der Waals surface area contributed by atoms with Gasteiger partial charge in [0.15, 0.2) is 5.78 Å². The van der Waals surface area contributed by atoms with Crippen molar-refractivity contribution in [2.75, 3.05) is 19.0 Å². The summed E-state index contributed by atoms with van der Waals surface area (Å²) in [5.74, 6) is 0.0710. The van der Waals surface area contributed by atoms with Gasteiger partial charge in [0, 0.05) is 10.2 Å². The smallest absolute Gasteiger partial charge is 0.188 e. The Bertz CT molecular complexity index is 643. The number of halogens is 1. The summed E-state index contributed by atoms with van der Waals surface area (Å²) in [6.07, 6.45) is -1.36. The van der Waals surface area contributed by atoms with E-state index in [4.69, 9.17) is 9.84 Å². The Kier molecular flexibility index (Phi) is 6.15. The molecule has 0 heterocycles. The zero-order valence-electron chi connectivity index (χ0n) is 12.6. The monoisotopic (exact) mass is 379 g/mol. The number of hydrogen-bond acceptors (Lipinski definition) is 5. The van der Waals surface area contributed by atoms with Gasteiger partial charge in [0.2, 0.25) is 0 Å². The fraction of sp³-hybridized carbons (Fsp3) is 0.235. The number of rotatable bonds is 7. The van der Waals surface area contributed by atoms with Crippen molar-refractivity contribution in [2.45, 2.75) is 12.1 Å². The molecule has 0 amide bonds. The molecule has 0 saturated carbocycles. The van der Waals surface area contributed by atoms with E-state index in [2.05, 4.69) is 21.2 Å². The summed E-state index contributed by atoms with van der Waals surface area (Å²) in [5.41, 5.74) is 1.46. The van der Waals surface area contributed by atoms with Crippen molar-refractivity contribution in [2.24, 2.45) is 0 Å². The first-order chi connectivity index (χ1) is 11.0. The number of carbonyl (C=O) groups is 1. The van der Waals surface area contributed by atoms with Crippen molar-refractivity contribution in [3.8, 4) is 5.75 Å². The maximum absolute atomic E-state index is 11.7. The third-order valence-corrected chi connectivity index (χ3v) is 3.97. The van der Waals surface area contributed by atoms with Gasteiger partial charge < -0.3 is 20.3 Å². The van der Waals surface area contributed by atoms with Crippen LogP contribution in [0.1, 0.15) is 11.6 Å². The predicted octanol–water partition coefficient (Wildman–Crippen LogP) is 2.53. The fourth-order valence-electron chi connectivity index (χ4n) is 2.16. The molecule has 0 saturated heterocycles. The highest BCUT2D eigenvalue weighted by molar-refractivity contribution is 9.10. The molecule has 0 aliphatic rings. The molecule has 0 spiro atoms. The van der Waals surface area contributed by atoms with E-state index in [0.29, 0.717) is 5.75 Å². The Morgan fingerprint density at radius 1 is 1.17 bits per heavy atom. The van der Waals surface area contributed by atoms with Crippen LogP contribution in [0, 0.1) is 0 Å². The lowest BCUT2D eigenvalue weighted by molar-refractivity contribution is -0.130. The van der Waals surface area contributed by atoms with E-state index >= 15 is 0 Å². The van der Waals surface area contributed by atoms with E-state index in [-0.39, 0.29) is 0 Å². The highest BCUT2D eigenvalue weighted by Gasteiger charge is 2.27. The van der Waals surface area contributed by atoms with E-state index in [0.717, 1.165) is 15.7 Å². The van der Waals surface area contributed by atoms with E-state index in [1.165, 1.54) is 0 Å². The number of aliphatic hydroxyl groups is 2. The molecular weight excluding hydrogens is 362 g/mol. The van der Waals surface area contributed by atoms with Crippen LogP contribution in [-0.2, 0) is 4.79 Å². The van der Waals surface area contributed by atoms with Crippen LogP contribution >= 0.6 is 15.9 Å². The van der Waals surface area contributed by atoms with Crippen molar-refractivity contribution in [3.05, 3.63) is 58.6 Å². The molecule has 122 valence electrons. The minimum absolute atomic E-state index is 0.640. The van der Waals surface area contributed by atoms with Crippen molar-refractivity contribution in [1.29, 1.82) is 0 Å². The van der Waals surface area contributed by atoms with Gasteiger partial charge in [0.05, 0.1) is 13.2 Å². The molecule has 5 nitrogen and oxygen atoms in total. The minimum atomic E-state index is -1.36. The van der Waals surface area contributed by atoms with Crippen LogP contribution < -0.4 is 10.1 Å². The lowest BCUT2D eigenvalue weighted by Gasteiger charge is -2.24. The van der Waals surface area contributed by atoms with Crippen LogP contribution in [0.15, 0.2) is 53.0 Å². The van der Waals surface area contributed by atoms with Crippen LogP contribution in [0.4, 0.5) is 5.69 Å². The predicted molar refractivity (Wildman–Crippen MR) is 91.6 cm³/mol. The molecular formula is C17H18BrNO4. The third kappa shape index (κ3) is 4.54. The van der Waals surface area contributed by atoms with Crippen LogP contribution in [0.3, 0.4) is 0 Å². The largest absolute Gasteiger partial charge is 0.497 e. The molecule has 0 aromatic heterocycles. The second kappa shape index (κ2) is 8.10. The van der Waals surface area contributed by atoms with Crippen LogP contribution in [0.25, 0.3) is 0 Å². The van der Waals surface area contributed by atoms with Crippen LogP contribution in [0.5, 0.6) is 5.75 Å². The van der Waals surface area contributed by atoms with Gasteiger partial charge in [-0.3, -0.25) is 4.79 Å². The standard InChI is InChI=1S/C17H18BrNO4/c1-23-14-8-6-13(7-9-14)19-16(17(22)15(21)10-20)11-2-4-12(18)5-3-11/h2-9,16-17,19-20,22H,10H2,1H3/t16-,17+/m1/s1. The van der Waals surface area contributed by atoms with Gasteiger partial charge >= 0.3 is 0 Å². The summed E-state index contributed by atoms with van der Waals surface area (Å²) >= 11 is 3.35. The first kappa shape index (κ1) is 17.5. The maximum Gasteiger partial charge on any atom is 0.188 e. The van der Waals surface area contributed by atoms with E-state index in [9.17, 15) is 9.90 Å². The number of methoxy groups -OCH3 is 1. The number of carbonyl (C=O) groups excluding carboxylic acids is 1. The van der Waals surface area contributed by atoms with Gasteiger partial charge in [0.25, 0.3) is 0 Å². The molecule has 6 heteroatoms. The lowest BCUT2D eigenvalue weighted by Crippen LogP contribution is -2.34. The molecule has 2 atom stereocenters. The van der Waals surface area contributed by atoms with Gasteiger partial charge in [0.1, 0.15) is 18.5 Å². The van der Waals surface area contributed by atoms with Gasteiger partial charge in [-0.15, -0.1) is 0 Å². The van der Waals surface area contributed by atoms with Gasteiger partial charge in [-0.2, -0.15) is 0 Å². The molecule has 0 radical (unpaired) electrons. The van der Waals surface area contributed by atoms with Crippen molar-refractivity contribution >= 4 is 27.4 Å². The summed E-state index contributed by atoms with van der Waals surface area (Å²) in [7, 11) is 1.58. The minimum Gasteiger partial charge on any atom is -0.497 e. The average Bonchev–Trinajstić information content (AvgIpc) is 2.59. The van der Waals surface area contributed by atoms with E-state index < -0.39 is 24.5 Å². The first-order valence-corrected chi connectivity index (χ1v) is 7.82. The SMILES string of the molecule is COc1ccc(N[C@H](c2ccc(Br)cc2)[C@@H](O)C(=O)CO)cc1. The number of nitrogens with one attached hydrogen (secondary N) is 1. The second-order valence-corrected chi connectivity index (χ2v) is 5.89. The zero-order valence-corrected chi connectivity index (χ0v) is 14.2. The van der Waals surface area contributed by atoms with Crippen molar-refractivity contribution in [1.82, 2.24) is 0 Å². The Hall–Kier alpha value is -1.89. The molecule has 0 aliphatic heterocycles. The highest BCUT2D eigenvalue weighted by atomic mass is 79.9. The molecule has 0 bridgehead atoms. The van der Waals surface area contributed by atoms with Crippen LogP contribution in [-0.4, -0.2) is 35.8 Å². The number of ketones is 1. The number of ether oxygens (including phenoxy) is 1. The molecule has 23 heavy (non-hydrogen) atoms. The molecule has 2 aromatic carbocycles. The third-order valence-electron chi connectivity index (χ3n) is 3.44. The van der Waals surface area contributed by atoms with Crippen LogP contribution in [0.2, 0.25) is 0 Å². The van der Waals surface area contributed by atoms with E-state index in [1.807, 2.05) is 12.1 Å². The zero-order chi connectivity index (χ0) is 16.8. The quantitative estimate of drug-likeness (QED) is 0.688. The number of hydrogen-bond donors (Lipinski definition) is 3. The normalized spacial score (nSPS) is 13.2. The average molecular weight is 380 g/mol. The number of anilines is 1. The topological polar surface area (TPSA) is 78.8 Å². The van der Waals surface area contributed by atoms with Gasteiger partial charge in [-0.25, -0.2) is 0 Å². The summed E-state index contributed by atoms with van der Waals surface area (Å²) in [5, 5.41) is 22.4. The molecule has 0 unspecified atom stereocenters. The Labute approximate surface area is 143 Å². The fourth-order valence-corrected chi connectivity index (χ4v) is 2.43. The Morgan fingerprint density at radius 3 is 2.30 bits per heavy atom. The number of benzene rings is 2. The highest BCUT2D eigenvalue weighted by Crippen LogP contribution is 2.26. The number of Topliss-reactive ketones (excluding diaryl/α,β-unsaturated/α-hetero) is 1. The number of aliphatic hydroxyl groups excluding tert-OH is 2. The van der Waals surface area contributed by atoms with E-state index in [1.54, 1.807) is 43.5 Å². The Balaban J connectivity index is 2.28. The second-order valence-electron chi connectivity index (χ2n) is 4.97. The van der Waals surface area contributed by atoms with Crippen molar-refractivity contribution < 1.29 is 19.7 Å². The molecule has 0 fully saturated rings. The maximum atomic E-state index is 11.7. The Morgan fingerprint density at radius 2 is 1.78 bits per heavy atom. The molecule has 3 N–H and O–H groups in total. The summed E-state index contributed by atoms with van der Waals surface area (Å²) in [6.45, 7) is -0.710. The summed E-state index contributed by atoms with van der Waals surface area (Å²) in [6, 6.07) is 13.7. The lowest BCUT2D eigenvalue weighted by atomic mass is 9.98. The summed E-state index contributed by atoms with van der Waals surface area (Å²) in [4.78, 5) is 11.7. The van der Waals surface area contributed by atoms with Gasteiger partial charge in [-0.05, 0) is 42.0 Å². The summed E-state index contributed by atoms with van der Waals surface area (Å²) < 4.78 is 6.00. The first-order valence-electron chi connectivity index (χ1n) is 7.03. The van der Waals surface area contributed by atoms with Crippen molar-refractivity contribution in [3.63, 3.8) is 0 Å². The molecule has 2 aromatic rings. The van der Waals surface area contributed by atoms with Gasteiger partial charge in [-0.1, -0.05) is 28.1 Å². The molecule has 0 aliphatic carbocycles.